The third-order valence-corrected chi connectivity index (χ3v) is 13.6. The number of hydrogen-bond donors (Lipinski definition) is 3. The fraction of sp³-hybridized carbons (Fsp3) is 0.306. The summed E-state index contributed by atoms with van der Waals surface area (Å²) >= 11 is 0. The van der Waals surface area contributed by atoms with Gasteiger partial charge in [0.25, 0.3) is 11.8 Å². The number of rotatable bonds is 12. The summed E-state index contributed by atoms with van der Waals surface area (Å²) in [6, 6.07) is 30.1. The van der Waals surface area contributed by atoms with E-state index in [1.807, 2.05) is 82.9 Å². The molecule has 4 aromatic carbocycles. The van der Waals surface area contributed by atoms with Crippen molar-refractivity contribution >= 4 is 24.3 Å². The molecule has 8 atom stereocenters. The largest absolute Gasteiger partial charge is 0.453 e. The fourth-order valence-electron chi connectivity index (χ4n) is 10.3. The minimum absolute atomic E-state index is 0.0832. The van der Waals surface area contributed by atoms with Crippen molar-refractivity contribution in [2.45, 2.75) is 68.4 Å². The van der Waals surface area contributed by atoms with Crippen LogP contribution in [-0.2, 0) is 30.5 Å². The Bertz CT molecular complexity index is 2750. The molecule has 2 aromatic heterocycles. The summed E-state index contributed by atoms with van der Waals surface area (Å²) in [6.07, 6.45) is 8.64. The number of nitrogens with zero attached hydrogens (tertiary/aromatic N) is 5. The highest BCUT2D eigenvalue weighted by Gasteiger charge is 2.57. The summed E-state index contributed by atoms with van der Waals surface area (Å²) in [6.45, 7) is 0. The Morgan fingerprint density at radius 1 is 0.714 bits per heavy atom. The molecule has 3 amide bonds. The second kappa shape index (κ2) is 15.7. The zero-order valence-corrected chi connectivity index (χ0v) is 34.8. The zero-order chi connectivity index (χ0) is 42.8. The average Bonchev–Trinajstić information content (AvgIpc) is 3.79. The molecule has 5 aliphatic rings. The maximum Gasteiger partial charge on any atom is 0.407 e. The van der Waals surface area contributed by atoms with Gasteiger partial charge in [0.15, 0.2) is 6.04 Å². The van der Waals surface area contributed by atoms with E-state index in [9.17, 15) is 14.4 Å². The van der Waals surface area contributed by atoms with Crippen molar-refractivity contribution in [3.63, 3.8) is 0 Å². The van der Waals surface area contributed by atoms with Gasteiger partial charge in [0, 0.05) is 12.1 Å². The van der Waals surface area contributed by atoms with E-state index in [1.54, 1.807) is 0 Å². The second-order valence-corrected chi connectivity index (χ2v) is 17.2. The van der Waals surface area contributed by atoms with Crippen LogP contribution in [-0.4, -0.2) is 80.3 Å². The van der Waals surface area contributed by atoms with E-state index >= 15 is 0 Å². The third kappa shape index (κ3) is 7.04. The fourth-order valence-corrected chi connectivity index (χ4v) is 10.3. The van der Waals surface area contributed by atoms with Crippen molar-refractivity contribution in [1.29, 1.82) is 0 Å². The summed E-state index contributed by atoms with van der Waals surface area (Å²) < 4.78 is 4.89. The molecule has 3 aliphatic carbocycles. The Balaban J connectivity index is 0.800. The van der Waals surface area contributed by atoms with E-state index in [4.69, 9.17) is 24.5 Å². The van der Waals surface area contributed by atoms with Crippen LogP contribution < -0.4 is 5.32 Å². The van der Waals surface area contributed by atoms with Crippen LogP contribution >= 0.6 is 0 Å². The van der Waals surface area contributed by atoms with Crippen LogP contribution in [0.1, 0.15) is 83.8 Å². The zero-order valence-electron chi connectivity index (χ0n) is 34.8. The summed E-state index contributed by atoms with van der Waals surface area (Å²) in [7, 11) is 2.70. The lowest BCUT2D eigenvalue weighted by Gasteiger charge is -2.30. The van der Waals surface area contributed by atoms with Crippen LogP contribution in [0.5, 0.6) is 0 Å². The van der Waals surface area contributed by atoms with Gasteiger partial charge in [0.2, 0.25) is 6.40 Å². The molecule has 2 saturated heterocycles. The van der Waals surface area contributed by atoms with E-state index in [-0.39, 0.29) is 36.0 Å². The van der Waals surface area contributed by atoms with Crippen LogP contribution in [0.25, 0.3) is 33.6 Å². The van der Waals surface area contributed by atoms with Crippen molar-refractivity contribution in [3.05, 3.63) is 143 Å². The number of amides is 3. The van der Waals surface area contributed by atoms with Gasteiger partial charge < -0.3 is 34.7 Å². The van der Waals surface area contributed by atoms with Crippen LogP contribution in [0.3, 0.4) is 0 Å². The van der Waals surface area contributed by atoms with Gasteiger partial charge in [-0.15, -0.1) is 0 Å². The molecule has 11 rings (SSSR count). The predicted molar refractivity (Wildman–Crippen MR) is 233 cm³/mol. The number of H-pyrrole nitrogens is 2. The number of ether oxygens (including phenoxy) is 1. The lowest BCUT2D eigenvalue weighted by molar-refractivity contribution is -0.188. The van der Waals surface area contributed by atoms with Crippen molar-refractivity contribution in [2.24, 2.45) is 16.8 Å². The molecule has 0 spiro atoms. The quantitative estimate of drug-likeness (QED) is 0.0485. The number of hydrogen-bond acceptors (Lipinski definition) is 9. The van der Waals surface area contributed by atoms with Crippen LogP contribution in [0.2, 0.25) is 0 Å². The van der Waals surface area contributed by atoms with Crippen molar-refractivity contribution in [1.82, 2.24) is 35.1 Å². The molecule has 2 saturated carbocycles. The number of aromatic nitrogens is 4. The molecule has 14 heteroatoms. The molecule has 6 aromatic rings. The van der Waals surface area contributed by atoms with Gasteiger partial charge in [-0.3, -0.25) is 9.59 Å². The highest BCUT2D eigenvalue weighted by atomic mass is 17.2. The van der Waals surface area contributed by atoms with Gasteiger partial charge in [0.1, 0.15) is 17.7 Å². The lowest BCUT2D eigenvalue weighted by atomic mass is 10.0. The van der Waals surface area contributed by atoms with Crippen molar-refractivity contribution in [2.75, 3.05) is 14.2 Å². The Morgan fingerprint density at radius 2 is 1.25 bits per heavy atom. The first-order valence-corrected chi connectivity index (χ1v) is 21.5. The number of piperidine rings is 2. The Kier molecular flexibility index (Phi) is 9.67. The molecule has 0 unspecified atom stereocenters. The van der Waals surface area contributed by atoms with Gasteiger partial charge >= 0.3 is 6.09 Å². The van der Waals surface area contributed by atoms with Gasteiger partial charge in [-0.25, -0.2) is 19.8 Å². The van der Waals surface area contributed by atoms with E-state index in [0.717, 1.165) is 71.8 Å². The number of nitrogens with one attached hydrogen (secondary N) is 3. The van der Waals surface area contributed by atoms with E-state index in [0.29, 0.717) is 17.4 Å². The maximum absolute atomic E-state index is 14.2. The smallest absolute Gasteiger partial charge is 0.407 e. The number of likely N-dealkylation sites (tertiary alicyclic amines) is 2. The highest BCUT2D eigenvalue weighted by Crippen LogP contribution is 2.55. The van der Waals surface area contributed by atoms with Gasteiger partial charge in [-0.05, 0) is 101 Å². The minimum Gasteiger partial charge on any atom is -0.453 e. The maximum atomic E-state index is 14.2. The van der Waals surface area contributed by atoms with E-state index in [1.165, 1.54) is 42.9 Å². The summed E-state index contributed by atoms with van der Waals surface area (Å²) in [5, 5.41) is 2.77. The number of alkyl carbamates (subject to hydrolysis) is 1. The highest BCUT2D eigenvalue weighted by molar-refractivity contribution is 5.88. The molecule has 63 heavy (non-hydrogen) atoms. The topological polar surface area (TPSA) is 167 Å². The number of methoxy groups -OCH3 is 1. The SMILES string of the molecule is COOC=N[C@@H](C(=O)N1[C@H](c2ncc(-c3ccc4c(c3)Cc3cc(-c5cnc([C@@H]6C[C@@H]7C[C@@H]7N6C(=O)[C@H](NC(=O)OC)c6ccccc6)[nH]5)ccc3-4)[nH]2)C[C@@H]2C[C@@H]21)c1ccccc1. The second-order valence-electron chi connectivity index (χ2n) is 17.2. The van der Waals surface area contributed by atoms with Crippen LogP contribution in [0, 0.1) is 11.8 Å². The number of aromatic amines is 2. The first-order valence-electron chi connectivity index (χ1n) is 21.5. The van der Waals surface area contributed by atoms with E-state index < -0.39 is 18.2 Å². The van der Waals surface area contributed by atoms with Crippen LogP contribution in [0.15, 0.2) is 114 Å². The van der Waals surface area contributed by atoms with Crippen molar-refractivity contribution in [3.8, 4) is 33.6 Å². The first kappa shape index (κ1) is 38.8. The average molecular weight is 843 g/mol. The Labute approximate surface area is 363 Å². The first-order chi connectivity index (χ1) is 30.9. The van der Waals surface area contributed by atoms with Crippen molar-refractivity contribution < 1.29 is 28.9 Å². The van der Waals surface area contributed by atoms with Gasteiger partial charge in [-0.2, -0.15) is 4.89 Å². The minimum atomic E-state index is -0.871. The van der Waals surface area contributed by atoms with Gasteiger partial charge in [0.05, 0.1) is 50.1 Å². The number of carbonyl (C=O) groups is 3. The molecule has 14 nitrogen and oxygen atoms in total. The molecular weight excluding hydrogens is 797 g/mol. The number of benzene rings is 4. The molecule has 4 fully saturated rings. The number of fused-ring (bicyclic) bond motifs is 5. The van der Waals surface area contributed by atoms with Gasteiger partial charge in [-0.1, -0.05) is 84.9 Å². The van der Waals surface area contributed by atoms with E-state index in [2.05, 4.69) is 56.7 Å². The summed E-state index contributed by atoms with van der Waals surface area (Å²) in [5.41, 5.74) is 10.2. The lowest BCUT2D eigenvalue weighted by Crippen LogP contribution is -2.44. The number of aliphatic imine (C=N–C) groups is 1. The molecule has 0 radical (unpaired) electrons. The molecule has 318 valence electrons. The summed E-state index contributed by atoms with van der Waals surface area (Å²) in [5.74, 6) is 2.12. The Morgan fingerprint density at radius 3 is 1.79 bits per heavy atom. The standard InChI is InChI=1S/C49H46N8O6/c1-61-49(60)55-44(28-11-7-4-8-12-28)48(59)57-40-21-34(40)23-42(57)46-51-25-38(54-46)30-14-16-36-32(18-30)19-31-17-29(13-15-35(31)36)37-24-50-45(53-37)41-22-33-20-39(33)56(41)47(58)43(52-26-63-62-2)27-9-5-3-6-10-27/h3-18,24-26,33-34,39-44H,19-23H2,1-2H3,(H,50,53)(H,51,54)(H,55,60)/t33-,34-,39-,40-,41-,42-,43+,44+/m0/s1. The number of imidazole rings is 2. The van der Waals surface area contributed by atoms with Crippen LogP contribution in [0.4, 0.5) is 4.79 Å². The molecule has 0 bridgehead atoms. The molecule has 4 heterocycles. The number of carbonyl (C=O) groups excluding carboxylic acids is 3. The summed E-state index contributed by atoms with van der Waals surface area (Å²) in [4.78, 5) is 75.7. The normalized spacial score (nSPS) is 23.4. The predicted octanol–water partition coefficient (Wildman–Crippen LogP) is 7.81. The molecule has 2 aliphatic heterocycles. The monoisotopic (exact) mass is 842 g/mol. The third-order valence-electron chi connectivity index (χ3n) is 13.6. The molecular formula is C49H46N8O6. The Hall–Kier alpha value is -7.06. The molecule has 3 N–H and O–H groups in total.